The number of anilines is 2. The molecule has 0 unspecified atom stereocenters. The number of hydrogen-bond donors (Lipinski definition) is 2. The van der Waals surface area contributed by atoms with Gasteiger partial charge in [-0.15, -0.1) is 0 Å². The molecule has 1 aliphatic heterocycles. The van der Waals surface area contributed by atoms with E-state index < -0.39 is 10.0 Å². The van der Waals surface area contributed by atoms with E-state index in [9.17, 15) is 8.42 Å². The van der Waals surface area contributed by atoms with E-state index in [4.69, 9.17) is 12.2 Å². The van der Waals surface area contributed by atoms with E-state index in [0.29, 0.717) is 29.0 Å². The van der Waals surface area contributed by atoms with Crippen LogP contribution in [0.5, 0.6) is 0 Å². The number of benzene rings is 2. The van der Waals surface area contributed by atoms with Crippen molar-refractivity contribution in [2.75, 3.05) is 23.7 Å². The summed E-state index contributed by atoms with van der Waals surface area (Å²) in [6, 6.07) is 14.9. The average Bonchev–Trinajstić information content (AvgIpc) is 2.69. The third kappa shape index (κ3) is 5.10. The molecule has 1 heterocycles. The molecule has 0 bridgehead atoms. The Labute approximate surface area is 173 Å². The minimum atomic E-state index is -3.41. The summed E-state index contributed by atoms with van der Waals surface area (Å²) in [5, 5.41) is 6.75. The molecule has 0 radical (unpaired) electrons. The van der Waals surface area contributed by atoms with Gasteiger partial charge in [0, 0.05) is 24.5 Å². The molecule has 28 heavy (non-hydrogen) atoms. The summed E-state index contributed by atoms with van der Waals surface area (Å²) in [5.74, 6) is 0.442. The molecule has 1 saturated heterocycles. The van der Waals surface area contributed by atoms with Crippen LogP contribution in [-0.2, 0) is 10.0 Å². The first-order valence-electron chi connectivity index (χ1n) is 9.64. The van der Waals surface area contributed by atoms with Gasteiger partial charge in [0.1, 0.15) is 0 Å². The molecule has 150 valence electrons. The number of thiocarbonyl (C=S) groups is 1. The van der Waals surface area contributed by atoms with Gasteiger partial charge in [0.05, 0.1) is 4.90 Å². The molecule has 0 aromatic heterocycles. The van der Waals surface area contributed by atoms with E-state index in [1.54, 1.807) is 28.6 Å². The molecular formula is C21H27N3O2S2. The highest BCUT2D eigenvalue weighted by Crippen LogP contribution is 2.22. The zero-order valence-electron chi connectivity index (χ0n) is 16.3. The van der Waals surface area contributed by atoms with Gasteiger partial charge in [0.25, 0.3) is 0 Å². The van der Waals surface area contributed by atoms with Crippen molar-refractivity contribution < 1.29 is 8.42 Å². The van der Waals surface area contributed by atoms with Crippen LogP contribution < -0.4 is 10.6 Å². The molecule has 2 N–H and O–H groups in total. The lowest BCUT2D eigenvalue weighted by atomic mass is 10.0. The molecule has 3 rings (SSSR count). The Kier molecular flexibility index (Phi) is 6.69. The van der Waals surface area contributed by atoms with Gasteiger partial charge in [-0.3, -0.25) is 0 Å². The van der Waals surface area contributed by atoms with Gasteiger partial charge in [-0.1, -0.05) is 32.4 Å². The van der Waals surface area contributed by atoms with Crippen LogP contribution in [0.1, 0.15) is 44.6 Å². The van der Waals surface area contributed by atoms with Crippen LogP contribution in [0.4, 0.5) is 11.4 Å². The van der Waals surface area contributed by atoms with Crippen molar-refractivity contribution in [3.05, 3.63) is 54.1 Å². The summed E-state index contributed by atoms with van der Waals surface area (Å²) in [5.41, 5.74) is 2.91. The van der Waals surface area contributed by atoms with E-state index in [1.807, 2.05) is 12.1 Å². The van der Waals surface area contributed by atoms with Crippen LogP contribution in [0.3, 0.4) is 0 Å². The lowest BCUT2D eigenvalue weighted by molar-refractivity contribution is 0.346. The average molecular weight is 418 g/mol. The van der Waals surface area contributed by atoms with E-state index in [-0.39, 0.29) is 0 Å². The predicted octanol–water partition coefficient (Wildman–Crippen LogP) is 4.79. The summed E-state index contributed by atoms with van der Waals surface area (Å²) in [7, 11) is -3.41. The van der Waals surface area contributed by atoms with Crippen molar-refractivity contribution in [3.8, 4) is 0 Å². The van der Waals surface area contributed by atoms with E-state index in [1.165, 1.54) is 5.56 Å². The van der Waals surface area contributed by atoms with Crippen molar-refractivity contribution in [1.82, 2.24) is 4.31 Å². The van der Waals surface area contributed by atoms with Gasteiger partial charge in [-0.2, -0.15) is 4.31 Å². The Morgan fingerprint density at radius 2 is 1.61 bits per heavy atom. The topological polar surface area (TPSA) is 61.4 Å². The fourth-order valence-corrected chi connectivity index (χ4v) is 4.99. The van der Waals surface area contributed by atoms with Gasteiger partial charge in [0.2, 0.25) is 10.0 Å². The maximum Gasteiger partial charge on any atom is 0.243 e. The van der Waals surface area contributed by atoms with Crippen LogP contribution in [0.25, 0.3) is 0 Å². The third-order valence-electron chi connectivity index (χ3n) is 4.88. The number of nitrogens with zero attached hydrogens (tertiary/aromatic N) is 1. The Balaban J connectivity index is 1.64. The Bertz CT molecular complexity index is 919. The van der Waals surface area contributed by atoms with Gasteiger partial charge >= 0.3 is 0 Å². The molecular weight excluding hydrogens is 390 g/mol. The number of hydrogen-bond acceptors (Lipinski definition) is 3. The van der Waals surface area contributed by atoms with Crippen LogP contribution in [-0.4, -0.2) is 30.9 Å². The second kappa shape index (κ2) is 9.03. The van der Waals surface area contributed by atoms with Gasteiger partial charge in [0.15, 0.2) is 5.11 Å². The first-order valence-corrected chi connectivity index (χ1v) is 11.5. The molecule has 2 aromatic rings. The maximum atomic E-state index is 12.7. The second-order valence-corrected chi connectivity index (χ2v) is 9.69. The first kappa shape index (κ1) is 20.8. The molecule has 0 spiro atoms. The summed E-state index contributed by atoms with van der Waals surface area (Å²) < 4.78 is 27.0. The smallest absolute Gasteiger partial charge is 0.243 e. The second-order valence-electron chi connectivity index (χ2n) is 7.35. The standard InChI is InChI=1S/C21H27N3O2S2/c1-16(2)17-7-6-8-19(15-17)23-21(27)22-18-9-11-20(12-10-18)28(25,26)24-13-4-3-5-14-24/h6-12,15-16H,3-5,13-14H2,1-2H3,(H2,22,23,27). The molecule has 0 amide bonds. The molecule has 7 heteroatoms. The number of rotatable bonds is 5. The van der Waals surface area contributed by atoms with Crippen molar-refractivity contribution >= 4 is 38.7 Å². The third-order valence-corrected chi connectivity index (χ3v) is 6.99. The predicted molar refractivity (Wildman–Crippen MR) is 119 cm³/mol. The lowest BCUT2D eigenvalue weighted by Gasteiger charge is -2.25. The zero-order valence-corrected chi connectivity index (χ0v) is 17.9. The van der Waals surface area contributed by atoms with Crippen LogP contribution >= 0.6 is 12.2 Å². The Morgan fingerprint density at radius 3 is 2.25 bits per heavy atom. The van der Waals surface area contributed by atoms with E-state index >= 15 is 0 Å². The number of piperidine rings is 1. The monoisotopic (exact) mass is 417 g/mol. The molecule has 0 atom stereocenters. The van der Waals surface area contributed by atoms with Crippen molar-refractivity contribution in [1.29, 1.82) is 0 Å². The largest absolute Gasteiger partial charge is 0.332 e. The fraction of sp³-hybridized carbons (Fsp3) is 0.381. The van der Waals surface area contributed by atoms with Crippen LogP contribution in [0, 0.1) is 0 Å². The van der Waals surface area contributed by atoms with E-state index in [0.717, 1.165) is 30.6 Å². The fourth-order valence-electron chi connectivity index (χ4n) is 3.23. The highest BCUT2D eigenvalue weighted by atomic mass is 32.2. The molecule has 5 nitrogen and oxygen atoms in total. The van der Waals surface area contributed by atoms with Gasteiger partial charge < -0.3 is 10.6 Å². The number of nitrogens with one attached hydrogen (secondary N) is 2. The molecule has 0 aliphatic carbocycles. The van der Waals surface area contributed by atoms with Gasteiger partial charge in [-0.05, 0) is 72.9 Å². The highest BCUT2D eigenvalue weighted by molar-refractivity contribution is 7.89. The minimum absolute atomic E-state index is 0.323. The molecule has 1 aliphatic rings. The summed E-state index contributed by atoms with van der Waals surface area (Å²) in [4.78, 5) is 0.323. The zero-order chi connectivity index (χ0) is 20.1. The summed E-state index contributed by atoms with van der Waals surface area (Å²) in [6.45, 7) is 5.50. The quantitative estimate of drug-likeness (QED) is 0.685. The highest BCUT2D eigenvalue weighted by Gasteiger charge is 2.25. The first-order chi connectivity index (χ1) is 13.4. The summed E-state index contributed by atoms with van der Waals surface area (Å²) in [6.07, 6.45) is 2.95. The number of sulfonamides is 1. The molecule has 2 aromatic carbocycles. The van der Waals surface area contributed by atoms with Crippen LogP contribution in [0.15, 0.2) is 53.4 Å². The molecule has 0 saturated carbocycles. The Morgan fingerprint density at radius 1 is 0.964 bits per heavy atom. The van der Waals surface area contributed by atoms with E-state index in [2.05, 4.69) is 36.6 Å². The lowest BCUT2D eigenvalue weighted by Crippen LogP contribution is -2.35. The maximum absolute atomic E-state index is 12.7. The SMILES string of the molecule is CC(C)c1cccc(NC(=S)Nc2ccc(S(=O)(=O)N3CCCCC3)cc2)c1. The van der Waals surface area contributed by atoms with Crippen LogP contribution in [0.2, 0.25) is 0 Å². The minimum Gasteiger partial charge on any atom is -0.332 e. The Hall–Kier alpha value is -1.96. The van der Waals surface area contributed by atoms with Crippen molar-refractivity contribution in [2.45, 2.75) is 43.9 Å². The van der Waals surface area contributed by atoms with Gasteiger partial charge in [-0.25, -0.2) is 8.42 Å². The summed E-state index contributed by atoms with van der Waals surface area (Å²) >= 11 is 5.39. The normalized spacial score (nSPS) is 15.4. The van der Waals surface area contributed by atoms with Crippen molar-refractivity contribution in [3.63, 3.8) is 0 Å². The van der Waals surface area contributed by atoms with Crippen molar-refractivity contribution in [2.24, 2.45) is 0 Å². The molecule has 1 fully saturated rings.